The number of nitrogens with zero attached hydrogens (tertiary/aromatic N) is 2. The van der Waals surface area contributed by atoms with Gasteiger partial charge in [-0.1, -0.05) is 54.7 Å². The van der Waals surface area contributed by atoms with Crippen molar-refractivity contribution in [1.82, 2.24) is 0 Å². The molecule has 0 bridgehead atoms. The third-order valence-corrected chi connectivity index (χ3v) is 18.1. The first-order valence-corrected chi connectivity index (χ1v) is 27.3. The van der Waals surface area contributed by atoms with Crippen LogP contribution < -0.4 is 9.80 Å². The van der Waals surface area contributed by atoms with Crippen LogP contribution in [-0.2, 0) is 13.5 Å². The molecule has 3 saturated carbocycles. The predicted octanol–water partition coefficient (Wildman–Crippen LogP) is 14.4. The van der Waals surface area contributed by atoms with Gasteiger partial charge in [0, 0.05) is 19.3 Å². The molecule has 286 valence electrons. The molecular formula is C46H65Cl2N2PRu. The molecule has 3 aromatic carbocycles. The minimum atomic E-state index is -1.61. The van der Waals surface area contributed by atoms with Gasteiger partial charge < -0.3 is 9.80 Å². The molecule has 0 amide bonds. The predicted molar refractivity (Wildman–Crippen MR) is 232 cm³/mol. The van der Waals surface area contributed by atoms with E-state index in [0.29, 0.717) is 0 Å². The number of aryl methyl sites for hydroxylation is 6. The van der Waals surface area contributed by atoms with Gasteiger partial charge in [-0.2, -0.15) is 0 Å². The summed E-state index contributed by atoms with van der Waals surface area (Å²) in [4.78, 5) is 4.45. The second-order valence-electron chi connectivity index (χ2n) is 15.9. The first-order chi connectivity index (χ1) is 25.1. The Kier molecular flexibility index (Phi) is 16.8. The third-order valence-electron chi connectivity index (χ3n) is 11.6. The molecule has 6 heteroatoms. The van der Waals surface area contributed by atoms with E-state index in [1.807, 2.05) is 34.9 Å². The van der Waals surface area contributed by atoms with Gasteiger partial charge >= 0.3 is 73.4 Å². The van der Waals surface area contributed by atoms with Gasteiger partial charge in [-0.15, -0.1) is 6.67 Å². The van der Waals surface area contributed by atoms with E-state index in [1.54, 1.807) is 96.3 Å². The normalized spacial score (nSPS) is 18.8. The monoisotopic (exact) mass is 848 g/mol. The second kappa shape index (κ2) is 21.0. The van der Waals surface area contributed by atoms with Gasteiger partial charge in [-0.05, 0) is 153 Å². The zero-order valence-electron chi connectivity index (χ0n) is 32.8. The van der Waals surface area contributed by atoms with Gasteiger partial charge in [-0.25, -0.2) is 0 Å². The van der Waals surface area contributed by atoms with Crippen molar-refractivity contribution in [2.24, 2.45) is 0 Å². The topological polar surface area (TPSA) is 6.48 Å². The van der Waals surface area contributed by atoms with Gasteiger partial charge in [0.05, 0.1) is 17.0 Å². The fourth-order valence-electron chi connectivity index (χ4n) is 9.70. The molecule has 0 N–H and O–H groups in total. The van der Waals surface area contributed by atoms with E-state index in [0.717, 1.165) is 5.56 Å². The third kappa shape index (κ3) is 12.0. The van der Waals surface area contributed by atoms with E-state index in [4.69, 9.17) is 19.4 Å². The van der Waals surface area contributed by atoms with Crippen molar-refractivity contribution >= 4 is 43.3 Å². The molecule has 0 spiro atoms. The summed E-state index contributed by atoms with van der Waals surface area (Å²) < 4.78 is 1.92. The van der Waals surface area contributed by atoms with Gasteiger partial charge in [0.2, 0.25) is 0 Å². The Morgan fingerprint density at radius 2 is 0.904 bits per heavy atom. The average molecular weight is 849 g/mol. The van der Waals surface area contributed by atoms with Crippen LogP contribution in [-0.4, -0.2) is 21.6 Å². The molecule has 52 heavy (non-hydrogen) atoms. The fourth-order valence-corrected chi connectivity index (χ4v) is 16.7. The van der Waals surface area contributed by atoms with Crippen molar-refractivity contribution in [2.75, 3.05) is 9.80 Å². The van der Waals surface area contributed by atoms with E-state index in [-0.39, 0.29) is 7.92 Å². The molecule has 0 saturated heterocycles. The number of hydrogen-bond acceptors (Lipinski definition) is 2. The van der Waals surface area contributed by atoms with E-state index < -0.39 is 13.5 Å². The quantitative estimate of drug-likeness (QED) is 0.139. The Hall–Kier alpha value is -1.50. The maximum absolute atomic E-state index is 5.67. The summed E-state index contributed by atoms with van der Waals surface area (Å²) >= 11 is -1.61. The first-order valence-electron chi connectivity index (χ1n) is 20.1. The van der Waals surface area contributed by atoms with Gasteiger partial charge in [-0.3, -0.25) is 0 Å². The van der Waals surface area contributed by atoms with Gasteiger partial charge in [0.15, 0.2) is 0 Å². The molecule has 0 unspecified atom stereocenters. The summed E-state index contributed by atoms with van der Waals surface area (Å²) in [6, 6.07) is 18.9. The molecule has 0 aromatic heterocycles. The number of hydrogen-bond donors (Lipinski definition) is 0. The van der Waals surface area contributed by atoms with Gasteiger partial charge in [0.25, 0.3) is 0 Å². The van der Waals surface area contributed by atoms with Crippen molar-refractivity contribution in [3.05, 3.63) is 113 Å². The maximum atomic E-state index is 5.67. The van der Waals surface area contributed by atoms with Crippen LogP contribution in [0.25, 0.3) is 0 Å². The fraction of sp³-hybridized carbons (Fsp3) is 0.522. The molecule has 4 aliphatic rings. The van der Waals surface area contributed by atoms with Crippen LogP contribution in [0.2, 0.25) is 0 Å². The molecule has 0 radical (unpaired) electrons. The van der Waals surface area contributed by atoms with Crippen LogP contribution >= 0.6 is 27.3 Å². The minimum absolute atomic E-state index is 0.0465. The molecule has 1 aliphatic heterocycles. The zero-order chi connectivity index (χ0) is 37.0. The molecule has 1 heterocycles. The second-order valence-corrected chi connectivity index (χ2v) is 25.1. The zero-order valence-corrected chi connectivity index (χ0v) is 37.1. The van der Waals surface area contributed by atoms with Crippen molar-refractivity contribution in [3.8, 4) is 0 Å². The first kappa shape index (κ1) is 41.7. The Morgan fingerprint density at radius 3 is 1.23 bits per heavy atom. The van der Waals surface area contributed by atoms with E-state index in [2.05, 4.69) is 94.7 Å². The van der Waals surface area contributed by atoms with Crippen LogP contribution in [0, 0.1) is 48.2 Å². The molecule has 2 nitrogen and oxygen atoms in total. The summed E-state index contributed by atoms with van der Waals surface area (Å²) in [5, 5.41) is 0. The van der Waals surface area contributed by atoms with Crippen LogP contribution in [0.1, 0.15) is 135 Å². The summed E-state index contributed by atoms with van der Waals surface area (Å²) in [5.41, 5.74) is 15.2. The van der Waals surface area contributed by atoms with E-state index in [9.17, 15) is 0 Å². The summed E-state index contributed by atoms with van der Waals surface area (Å²) in [6.07, 6.45) is 28.1. The Bertz CT molecular complexity index is 1460. The summed E-state index contributed by atoms with van der Waals surface area (Å²) in [7, 11) is 11.3. The molecule has 0 atom stereocenters. The van der Waals surface area contributed by atoms with Crippen LogP contribution in [0.5, 0.6) is 0 Å². The van der Waals surface area contributed by atoms with Crippen LogP contribution in [0.3, 0.4) is 0 Å². The Morgan fingerprint density at radius 1 is 0.558 bits per heavy atom. The number of anilines is 2. The average Bonchev–Trinajstić information content (AvgIpc) is 3.58. The van der Waals surface area contributed by atoms with Crippen molar-refractivity contribution in [2.45, 2.75) is 155 Å². The van der Waals surface area contributed by atoms with Crippen LogP contribution in [0.15, 0.2) is 67.0 Å². The SMILES string of the molecule is C1CCC([PH+](C2CCCCC2)C2CCCCC2)CC1.Cc1cc(C)c(N2C=CN(c3c(C)cc(C)cc3C)[CH-]2)c(C)c1.[Cl][Ru]([Cl])=[CH]c1ccccc1. The van der Waals surface area contributed by atoms with Crippen LogP contribution in [0.4, 0.5) is 11.4 Å². The summed E-state index contributed by atoms with van der Waals surface area (Å²) in [6.45, 7) is 15.2. The number of benzene rings is 3. The van der Waals surface area contributed by atoms with E-state index in [1.165, 1.54) is 61.7 Å². The van der Waals surface area contributed by atoms with E-state index >= 15 is 0 Å². The van der Waals surface area contributed by atoms with Crippen molar-refractivity contribution in [1.29, 1.82) is 0 Å². The molecule has 3 aliphatic carbocycles. The van der Waals surface area contributed by atoms with Crippen molar-refractivity contribution in [3.63, 3.8) is 0 Å². The van der Waals surface area contributed by atoms with Gasteiger partial charge in [0.1, 0.15) is 0 Å². The number of halogens is 2. The molecule has 3 aromatic rings. The Balaban J connectivity index is 0.000000162. The molecule has 7 rings (SSSR count). The number of rotatable bonds is 6. The summed E-state index contributed by atoms with van der Waals surface area (Å²) in [5.74, 6) is 0. The standard InChI is InChI=1S/C21H25N2.C18H33P.C7H6.2ClH.Ru/c1-14-9-16(3)20(17(4)10-14)22-7-8-23(13-22)21-18(5)11-15(2)12-19(21)6;1-4-10-16(11-5-1)19(17-12-6-2-7-13-17)18-14-8-3-9-15-18;1-7-5-3-2-4-6-7;;;/h7-13H,1-6H3;16-18H,1-15H2;1-6H;2*1H;/q-1;;;;;+2/p-1. The molecular weight excluding hydrogens is 783 g/mol. The Labute approximate surface area is 332 Å². The van der Waals surface area contributed by atoms with Crippen molar-refractivity contribution < 1.29 is 13.5 Å². The molecule has 3 fully saturated rings.